The number of aryl methyl sites for hydroxylation is 1. The van der Waals surface area contributed by atoms with Gasteiger partial charge < -0.3 is 9.84 Å². The number of nitrogens with one attached hydrogen (secondary N) is 1. The molecule has 0 saturated carbocycles. The Morgan fingerprint density at radius 3 is 2.59 bits per heavy atom. The van der Waals surface area contributed by atoms with Crippen molar-refractivity contribution in [2.24, 2.45) is 0 Å². The molecule has 0 aliphatic carbocycles. The Labute approximate surface area is 181 Å². The van der Waals surface area contributed by atoms with Gasteiger partial charge in [-0.05, 0) is 23.6 Å². The van der Waals surface area contributed by atoms with E-state index in [-0.39, 0.29) is 47.1 Å². The molecule has 1 N–H and O–H groups in total. The van der Waals surface area contributed by atoms with E-state index in [9.17, 15) is 18.4 Å². The summed E-state index contributed by atoms with van der Waals surface area (Å²) in [6, 6.07) is 12.6. The number of halogens is 2. The van der Waals surface area contributed by atoms with E-state index in [0.29, 0.717) is 6.54 Å². The van der Waals surface area contributed by atoms with Crippen LogP contribution in [0.3, 0.4) is 0 Å². The van der Waals surface area contributed by atoms with Crippen molar-refractivity contribution < 1.29 is 18.1 Å². The number of amides is 1. The second-order valence-corrected chi connectivity index (χ2v) is 7.48. The summed E-state index contributed by atoms with van der Waals surface area (Å²) in [6.07, 6.45) is 1.31. The fourth-order valence-electron chi connectivity index (χ4n) is 3.40. The summed E-state index contributed by atoms with van der Waals surface area (Å²) >= 11 is 0. The van der Waals surface area contributed by atoms with Crippen LogP contribution >= 0.6 is 0 Å². The molecule has 2 aromatic carbocycles. The van der Waals surface area contributed by atoms with E-state index in [1.807, 2.05) is 37.3 Å². The van der Waals surface area contributed by atoms with Gasteiger partial charge in [0, 0.05) is 31.1 Å². The van der Waals surface area contributed by atoms with Crippen LogP contribution < -0.4 is 10.9 Å². The Balaban J connectivity index is 1.47. The van der Waals surface area contributed by atoms with Crippen molar-refractivity contribution in [2.75, 3.05) is 6.54 Å². The maximum absolute atomic E-state index is 13.6. The van der Waals surface area contributed by atoms with E-state index in [0.717, 1.165) is 23.8 Å². The maximum atomic E-state index is 13.6. The Hall–Kier alpha value is -3.88. The molecular formula is C23H20F2N4O3. The van der Waals surface area contributed by atoms with Crippen LogP contribution in [0.1, 0.15) is 24.8 Å². The first kappa shape index (κ1) is 21.4. The van der Waals surface area contributed by atoms with E-state index in [2.05, 4.69) is 15.5 Å². The minimum atomic E-state index is -0.804. The van der Waals surface area contributed by atoms with E-state index < -0.39 is 17.2 Å². The summed E-state index contributed by atoms with van der Waals surface area (Å²) in [7, 11) is 0. The normalized spacial score (nSPS) is 12.1. The van der Waals surface area contributed by atoms with Crippen molar-refractivity contribution >= 4 is 17.0 Å². The summed E-state index contributed by atoms with van der Waals surface area (Å²) in [5.74, 6) is -1.67. The molecule has 0 unspecified atom stereocenters. The average molecular weight is 438 g/mol. The fraction of sp³-hybridized carbons (Fsp3) is 0.217. The van der Waals surface area contributed by atoms with Crippen molar-refractivity contribution in [1.82, 2.24) is 20.0 Å². The van der Waals surface area contributed by atoms with Crippen molar-refractivity contribution in [3.63, 3.8) is 0 Å². The van der Waals surface area contributed by atoms with Crippen molar-refractivity contribution in [3.05, 3.63) is 82.4 Å². The minimum absolute atomic E-state index is 0.00407. The summed E-state index contributed by atoms with van der Waals surface area (Å²) in [5.41, 5.74) is 0.609. The molecule has 2 aromatic heterocycles. The number of hydrogen-bond acceptors (Lipinski definition) is 5. The van der Waals surface area contributed by atoms with E-state index in [1.165, 1.54) is 10.9 Å². The molecule has 7 nitrogen and oxygen atoms in total. The van der Waals surface area contributed by atoms with Gasteiger partial charge in [-0.2, -0.15) is 0 Å². The number of nitrogens with zero attached hydrogens (tertiary/aromatic N) is 3. The largest absolute Gasteiger partial charge is 0.355 e. The predicted octanol–water partition coefficient (Wildman–Crippen LogP) is 3.64. The van der Waals surface area contributed by atoms with Crippen LogP contribution in [0.5, 0.6) is 0 Å². The van der Waals surface area contributed by atoms with E-state index in [4.69, 9.17) is 4.52 Å². The Bertz CT molecular complexity index is 1300. The van der Waals surface area contributed by atoms with E-state index in [1.54, 1.807) is 0 Å². The highest BCUT2D eigenvalue weighted by molar-refractivity contribution is 5.88. The van der Waals surface area contributed by atoms with Crippen molar-refractivity contribution in [2.45, 2.75) is 25.8 Å². The number of benzene rings is 2. The summed E-state index contributed by atoms with van der Waals surface area (Å²) < 4.78 is 33.5. The smallest absolute Gasteiger partial charge is 0.266 e. The summed E-state index contributed by atoms with van der Waals surface area (Å²) in [5, 5.41) is 6.62. The van der Waals surface area contributed by atoms with E-state index >= 15 is 0 Å². The number of carbonyl (C=O) groups is 1. The number of rotatable bonds is 7. The average Bonchev–Trinajstić information content (AvgIpc) is 3.22. The molecule has 0 bridgehead atoms. The molecule has 0 spiro atoms. The Morgan fingerprint density at radius 1 is 1.16 bits per heavy atom. The molecule has 0 radical (unpaired) electrons. The maximum Gasteiger partial charge on any atom is 0.266 e. The number of carbonyl (C=O) groups excluding carboxylic acids is 1. The molecule has 4 aromatic rings. The third-order valence-electron chi connectivity index (χ3n) is 5.15. The first-order valence-electron chi connectivity index (χ1n) is 10.1. The van der Waals surface area contributed by atoms with Crippen LogP contribution in [0, 0.1) is 11.6 Å². The zero-order valence-electron chi connectivity index (χ0n) is 17.2. The van der Waals surface area contributed by atoms with Gasteiger partial charge in [-0.3, -0.25) is 14.2 Å². The summed E-state index contributed by atoms with van der Waals surface area (Å²) in [4.78, 5) is 29.2. The van der Waals surface area contributed by atoms with Gasteiger partial charge in [-0.25, -0.2) is 13.8 Å². The van der Waals surface area contributed by atoms with Gasteiger partial charge in [0.15, 0.2) is 0 Å². The minimum Gasteiger partial charge on any atom is -0.355 e. The molecule has 1 amide bonds. The topological polar surface area (TPSA) is 90.0 Å². The van der Waals surface area contributed by atoms with Gasteiger partial charge >= 0.3 is 0 Å². The molecule has 32 heavy (non-hydrogen) atoms. The number of hydrogen-bond donors (Lipinski definition) is 1. The van der Waals surface area contributed by atoms with Crippen molar-refractivity contribution in [1.29, 1.82) is 0 Å². The second kappa shape index (κ2) is 9.09. The molecule has 9 heteroatoms. The van der Waals surface area contributed by atoms with Crippen molar-refractivity contribution in [3.8, 4) is 11.3 Å². The van der Waals surface area contributed by atoms with Gasteiger partial charge in [0.1, 0.15) is 29.0 Å². The highest BCUT2D eigenvalue weighted by Gasteiger charge is 2.18. The Morgan fingerprint density at radius 2 is 1.88 bits per heavy atom. The molecule has 1 atom stereocenters. The molecular weight excluding hydrogens is 418 g/mol. The standard InChI is InChI=1S/C23H20F2N4O3/c1-14(15-5-3-2-4-6-15)12-26-19(30)7-8-29-13-27-22-20(23(29)31)21(28-32-22)16-9-17(24)11-18(25)10-16/h2-6,9-11,13-14H,7-8,12H2,1H3,(H,26,30)/t14-/m1/s1. The van der Waals surface area contributed by atoms with Gasteiger partial charge in [0.2, 0.25) is 5.91 Å². The molecule has 0 saturated heterocycles. The first-order valence-corrected chi connectivity index (χ1v) is 10.1. The number of aromatic nitrogens is 3. The zero-order valence-corrected chi connectivity index (χ0v) is 17.2. The van der Waals surface area contributed by atoms with Crippen LogP contribution in [0.2, 0.25) is 0 Å². The second-order valence-electron chi connectivity index (χ2n) is 7.48. The van der Waals surface area contributed by atoms with Crippen LogP contribution in [0.4, 0.5) is 8.78 Å². The van der Waals surface area contributed by atoms with Gasteiger partial charge in [-0.1, -0.05) is 42.4 Å². The van der Waals surface area contributed by atoms with Crippen LogP contribution in [0.25, 0.3) is 22.4 Å². The highest BCUT2D eigenvalue weighted by atomic mass is 19.1. The quantitative estimate of drug-likeness (QED) is 0.476. The summed E-state index contributed by atoms with van der Waals surface area (Å²) in [6.45, 7) is 2.56. The van der Waals surface area contributed by atoms with Gasteiger partial charge in [0.25, 0.3) is 11.3 Å². The number of fused-ring (bicyclic) bond motifs is 1. The molecule has 164 valence electrons. The van der Waals surface area contributed by atoms with Crippen LogP contribution in [0.15, 0.2) is 64.2 Å². The monoisotopic (exact) mass is 438 g/mol. The lowest BCUT2D eigenvalue weighted by atomic mass is 10.0. The Kier molecular flexibility index (Phi) is 6.07. The lowest BCUT2D eigenvalue weighted by molar-refractivity contribution is -0.121. The third-order valence-corrected chi connectivity index (χ3v) is 5.15. The predicted molar refractivity (Wildman–Crippen MR) is 114 cm³/mol. The fourth-order valence-corrected chi connectivity index (χ4v) is 3.40. The molecule has 0 aliphatic heterocycles. The zero-order chi connectivity index (χ0) is 22.7. The highest BCUT2D eigenvalue weighted by Crippen LogP contribution is 2.25. The molecule has 4 rings (SSSR count). The molecule has 0 aliphatic rings. The SMILES string of the molecule is C[C@H](CNC(=O)CCn1cnc2onc(-c3cc(F)cc(F)c3)c2c1=O)c1ccccc1. The molecule has 0 fully saturated rings. The first-order chi connectivity index (χ1) is 15.4. The van der Waals surface area contributed by atoms with Gasteiger partial charge in [-0.15, -0.1) is 0 Å². The third kappa shape index (κ3) is 4.56. The van der Waals surface area contributed by atoms with Crippen LogP contribution in [-0.2, 0) is 11.3 Å². The van der Waals surface area contributed by atoms with Crippen LogP contribution in [-0.4, -0.2) is 27.2 Å². The van der Waals surface area contributed by atoms with Gasteiger partial charge in [0.05, 0.1) is 0 Å². The molecule has 2 heterocycles. The lowest BCUT2D eigenvalue weighted by Crippen LogP contribution is -2.30. The lowest BCUT2D eigenvalue weighted by Gasteiger charge is -2.13.